The van der Waals surface area contributed by atoms with Crippen LogP contribution in [0.5, 0.6) is 0 Å². The molecule has 0 amide bonds. The third kappa shape index (κ3) is 15.4. The molecule has 0 N–H and O–H groups in total. The van der Waals surface area contributed by atoms with Crippen molar-refractivity contribution in [2.45, 2.75) is 265 Å². The first-order chi connectivity index (χ1) is 67.0. The van der Waals surface area contributed by atoms with Gasteiger partial charge in [-0.2, -0.15) is 0 Å². The predicted molar refractivity (Wildman–Crippen MR) is 607 cm³/mol. The molecule has 0 bridgehead atoms. The van der Waals surface area contributed by atoms with Crippen molar-refractivity contribution in [2.75, 3.05) is 19.6 Å². The molecule has 4 nitrogen and oxygen atoms in total. The maximum atomic E-state index is 2.76. The van der Waals surface area contributed by atoms with Crippen molar-refractivity contribution < 1.29 is 0 Å². The van der Waals surface area contributed by atoms with Gasteiger partial charge >= 0.3 is 0 Å². The molecule has 0 fully saturated rings. The highest BCUT2D eigenvalue weighted by Gasteiger charge is 2.52. The fourth-order valence-electron chi connectivity index (χ4n) is 25.5. The summed E-state index contributed by atoms with van der Waals surface area (Å²) in [5.74, 6) is 0.218. The lowest BCUT2D eigenvalue weighted by atomic mass is 9.33. The number of benzene rings is 15. The van der Waals surface area contributed by atoms with Crippen molar-refractivity contribution in [1.29, 1.82) is 0 Å². The van der Waals surface area contributed by atoms with Gasteiger partial charge in [0, 0.05) is 89.7 Å². The van der Waals surface area contributed by atoms with E-state index < -0.39 is 0 Å². The Morgan fingerprint density at radius 3 is 1.20 bits per heavy atom. The summed E-state index contributed by atoms with van der Waals surface area (Å²) in [5.41, 5.74) is 48.8. The molecule has 0 atom stereocenters. The average molecular weight is 1840 g/mol. The van der Waals surface area contributed by atoms with Gasteiger partial charge in [0.2, 0.25) is 0 Å². The normalized spacial score (nSPS) is 16.3. The molecular weight excluding hydrogens is 1700 g/mol. The minimum Gasteiger partial charge on any atom is -0.311 e. The summed E-state index contributed by atoms with van der Waals surface area (Å²) < 4.78 is 0. The van der Waals surface area contributed by atoms with Gasteiger partial charge in [-0.25, -0.2) is 0 Å². The number of rotatable bonds is 18. The minimum atomic E-state index is -0.371. The van der Waals surface area contributed by atoms with E-state index in [0.717, 1.165) is 44.2 Å². The molecule has 4 heterocycles. The average Bonchev–Trinajstić information content (AvgIpc) is 0.814. The van der Waals surface area contributed by atoms with E-state index in [1.807, 2.05) is 0 Å². The topological polar surface area (TPSA) is 13.0 Å². The second-order valence-electron chi connectivity index (χ2n) is 49.4. The zero-order valence-electron chi connectivity index (χ0n) is 88.0. The molecule has 706 valence electrons. The largest absolute Gasteiger partial charge is 0.311 e. The van der Waals surface area contributed by atoms with Gasteiger partial charge in [0.05, 0.1) is 11.4 Å². The summed E-state index contributed by atoms with van der Waals surface area (Å²) in [7, 11) is 0. The fourth-order valence-corrected chi connectivity index (χ4v) is 25.5. The number of hydrogen-bond acceptors (Lipinski definition) is 4. The van der Waals surface area contributed by atoms with Crippen molar-refractivity contribution in [3.63, 3.8) is 0 Å². The Bertz CT molecular complexity index is 7590. The molecule has 0 saturated heterocycles. The van der Waals surface area contributed by atoms with E-state index >= 15 is 0 Å². The standard InChI is InChI=1S/C135H140B2N4/c1-86(2)91-74-122-125-123(75-91)141(118-83-108-106(127(7,8)67-69-129(108,11)12)81-112(118)136(125)110-63-57-101(134(21,22)93-48-35-28-36-49-93)80-117(110)139(122)103-54-40-53-99(76-103)132(17,18)94-50-37-38-51-94)115-65-59-97(78-105(115)90-44-31-26-32-45-90)131(15,16)85-88-41-39-52-98(73-88)135(23,24)95-55-61-102(62-56-95)138-116-66-60-100(133(19,20)92-46-33-27-34-47-92)79-111(116)137-113-82-107-109(130(13,14)70-68-128(107,9)10)84-119(113)140(121-72-87(3)71-120(138)124(121)137)114-64-58-96(126(4,5)6)77-104(114)89-42-29-25-30-43-89/h25-37,39-66,71-84,86H,38,67-70,85H2,1-24H3. The molecule has 15 aromatic rings. The summed E-state index contributed by atoms with van der Waals surface area (Å²) >= 11 is 0. The summed E-state index contributed by atoms with van der Waals surface area (Å²) in [5, 5.41) is 0. The summed E-state index contributed by atoms with van der Waals surface area (Å²) in [4.78, 5) is 10.8. The highest BCUT2D eigenvalue weighted by atomic mass is 15.2. The number of hydrogen-bond donors (Lipinski definition) is 0. The Balaban J connectivity index is 0.659. The van der Waals surface area contributed by atoms with Gasteiger partial charge in [0.1, 0.15) is 0 Å². The van der Waals surface area contributed by atoms with E-state index in [9.17, 15) is 0 Å². The number of allylic oxidation sites excluding steroid dienone is 4. The quantitative estimate of drug-likeness (QED) is 0.0794. The van der Waals surface area contributed by atoms with Gasteiger partial charge in [0.25, 0.3) is 13.4 Å². The maximum absolute atomic E-state index is 2.76. The van der Waals surface area contributed by atoms with Crippen molar-refractivity contribution in [2.24, 2.45) is 0 Å². The van der Waals surface area contributed by atoms with E-state index in [0.29, 0.717) is 0 Å². The highest BCUT2D eigenvalue weighted by Crippen LogP contribution is 2.58. The molecule has 141 heavy (non-hydrogen) atoms. The first-order valence-electron chi connectivity index (χ1n) is 52.4. The van der Waals surface area contributed by atoms with Crippen LogP contribution in [0.15, 0.2) is 339 Å². The molecule has 4 aliphatic heterocycles. The first kappa shape index (κ1) is 93.1. The van der Waals surface area contributed by atoms with Crippen LogP contribution in [0, 0.1) is 6.92 Å². The minimum absolute atomic E-state index is 0.0269. The lowest BCUT2D eigenvalue weighted by molar-refractivity contribution is 0.332. The summed E-state index contributed by atoms with van der Waals surface area (Å²) in [6, 6.07) is 125. The molecule has 0 radical (unpaired) electrons. The first-order valence-corrected chi connectivity index (χ1v) is 52.4. The highest BCUT2D eigenvalue weighted by molar-refractivity contribution is 7.01. The van der Waals surface area contributed by atoms with Crippen LogP contribution < -0.4 is 52.4 Å². The molecule has 3 aliphatic carbocycles. The van der Waals surface area contributed by atoms with Crippen LogP contribution in [-0.2, 0) is 60.6 Å². The molecule has 7 aliphatic rings. The lowest BCUT2D eigenvalue weighted by Crippen LogP contribution is -2.62. The molecule has 22 rings (SSSR count). The number of anilines is 12. The Morgan fingerprint density at radius 2 is 0.688 bits per heavy atom. The van der Waals surface area contributed by atoms with Gasteiger partial charge in [-0.05, 0) is 319 Å². The smallest absolute Gasteiger partial charge is 0.252 e. The van der Waals surface area contributed by atoms with Gasteiger partial charge in [-0.15, -0.1) is 0 Å². The second-order valence-corrected chi connectivity index (χ2v) is 49.4. The van der Waals surface area contributed by atoms with Crippen molar-refractivity contribution in [1.82, 2.24) is 0 Å². The van der Waals surface area contributed by atoms with Crippen LogP contribution in [-0.4, -0.2) is 13.4 Å². The van der Waals surface area contributed by atoms with Gasteiger partial charge in [0.15, 0.2) is 0 Å². The van der Waals surface area contributed by atoms with E-state index in [1.54, 1.807) is 0 Å². The van der Waals surface area contributed by atoms with Crippen molar-refractivity contribution in [3.05, 3.63) is 428 Å². The molecular formula is C135H140B2N4. The Labute approximate surface area is 843 Å². The van der Waals surface area contributed by atoms with E-state index in [1.165, 1.54) is 212 Å². The van der Waals surface area contributed by atoms with E-state index in [-0.39, 0.29) is 73.5 Å². The second kappa shape index (κ2) is 33.4. The summed E-state index contributed by atoms with van der Waals surface area (Å²) in [6.07, 6.45) is 13.4. The Kier molecular flexibility index (Phi) is 22.0. The molecule has 0 aromatic heterocycles. The van der Waals surface area contributed by atoms with Crippen molar-refractivity contribution >= 4 is 114 Å². The van der Waals surface area contributed by atoms with Gasteiger partial charge in [-0.1, -0.05) is 396 Å². The molecule has 0 saturated carbocycles. The molecule has 0 spiro atoms. The Hall–Kier alpha value is -12.9. The van der Waals surface area contributed by atoms with E-state index in [4.69, 9.17) is 0 Å². The zero-order valence-corrected chi connectivity index (χ0v) is 88.0. The number of nitrogens with zero attached hydrogens (tertiary/aromatic N) is 4. The SMILES string of the molecule is Cc1cc2c3c(c1)N(c1ccc(C(C)(C)C)cc1-c1ccccc1)c1cc4c(cc1B3c1cc(C(C)(C)c3ccccc3)ccc1N2c1ccc(C(C)(C)c2cccc(CC(C)(C)c3ccc(N5c6cc7c(cc6B6c8ccc(C(C)(C)c9ccccc9)cc8N(c8cccc(C(C)(C)C9=CCC=C9)c8)c8cc(C(C)C)cc5c86)C(C)(C)CCC7(C)C)c(-c5ccccc5)c3)c2)cc1)C(C)(C)CCC4(C)C. The van der Waals surface area contributed by atoms with Crippen LogP contribution in [0.2, 0.25) is 0 Å². The number of aryl methyl sites for hydroxylation is 1. The van der Waals surface area contributed by atoms with E-state index in [2.05, 4.69) is 519 Å². The van der Waals surface area contributed by atoms with Crippen molar-refractivity contribution in [3.8, 4) is 22.3 Å². The molecule has 0 unspecified atom stereocenters. The van der Waals surface area contributed by atoms with Crippen LogP contribution >= 0.6 is 0 Å². The lowest BCUT2D eigenvalue weighted by Gasteiger charge is -2.48. The Morgan fingerprint density at radius 1 is 0.298 bits per heavy atom. The van der Waals surface area contributed by atoms with Gasteiger partial charge in [-0.3, -0.25) is 0 Å². The van der Waals surface area contributed by atoms with Crippen LogP contribution in [0.1, 0.15) is 286 Å². The molecule has 15 aromatic carbocycles. The van der Waals surface area contributed by atoms with Crippen LogP contribution in [0.25, 0.3) is 22.3 Å². The van der Waals surface area contributed by atoms with Gasteiger partial charge < -0.3 is 19.6 Å². The fraction of sp³-hybridized carbons (Fsp3) is 0.304. The maximum Gasteiger partial charge on any atom is 0.252 e. The predicted octanol–water partition coefficient (Wildman–Crippen LogP) is 32.3. The zero-order chi connectivity index (χ0) is 98.7. The van der Waals surface area contributed by atoms with Crippen LogP contribution in [0.4, 0.5) is 68.2 Å². The van der Waals surface area contributed by atoms with Crippen LogP contribution in [0.3, 0.4) is 0 Å². The third-order valence-electron chi connectivity index (χ3n) is 35.1. The monoisotopic (exact) mass is 1840 g/mol. The number of fused-ring (bicyclic) bond motifs is 10. The summed E-state index contributed by atoms with van der Waals surface area (Å²) in [6.45, 7) is 58.4. The molecule has 6 heteroatoms. The third-order valence-corrected chi connectivity index (χ3v) is 35.1.